The van der Waals surface area contributed by atoms with E-state index in [2.05, 4.69) is 26.2 Å². The minimum atomic E-state index is -0.968. The zero-order valence-electron chi connectivity index (χ0n) is 9.17. The van der Waals surface area contributed by atoms with Crippen LogP contribution >= 0.6 is 15.9 Å². The first kappa shape index (κ1) is 11.7. The van der Waals surface area contributed by atoms with Crippen LogP contribution in [0.4, 0.5) is 0 Å². The summed E-state index contributed by atoms with van der Waals surface area (Å²) in [6.45, 7) is 7.71. The van der Waals surface area contributed by atoms with E-state index in [1.807, 2.05) is 20.8 Å². The standard InChI is InChI=1S/C9H16BrN3O/c1-8(2,3)9(4,14)6-7(10)11-12-13(6)5/h14H,1-5H3. The maximum absolute atomic E-state index is 10.4. The van der Waals surface area contributed by atoms with E-state index < -0.39 is 5.60 Å². The molecule has 0 fully saturated rings. The molecule has 0 saturated heterocycles. The first-order chi connectivity index (χ1) is 6.18. The molecule has 0 saturated carbocycles. The van der Waals surface area contributed by atoms with Crippen molar-refractivity contribution in [1.29, 1.82) is 0 Å². The van der Waals surface area contributed by atoms with Gasteiger partial charge in [0.2, 0.25) is 0 Å². The van der Waals surface area contributed by atoms with E-state index >= 15 is 0 Å². The van der Waals surface area contributed by atoms with Gasteiger partial charge in [0.1, 0.15) is 11.3 Å². The van der Waals surface area contributed by atoms with E-state index in [-0.39, 0.29) is 5.41 Å². The third-order valence-electron chi connectivity index (χ3n) is 2.71. The van der Waals surface area contributed by atoms with Gasteiger partial charge in [0, 0.05) is 7.05 Å². The molecule has 1 aromatic heterocycles. The minimum absolute atomic E-state index is 0.273. The molecule has 0 aliphatic carbocycles. The lowest BCUT2D eigenvalue weighted by Crippen LogP contribution is -2.39. The highest BCUT2D eigenvalue weighted by atomic mass is 79.9. The van der Waals surface area contributed by atoms with E-state index in [1.165, 1.54) is 0 Å². The highest BCUT2D eigenvalue weighted by Crippen LogP contribution is 2.40. The van der Waals surface area contributed by atoms with Crippen molar-refractivity contribution in [3.8, 4) is 0 Å². The Labute approximate surface area is 92.4 Å². The summed E-state index contributed by atoms with van der Waals surface area (Å²) >= 11 is 3.29. The van der Waals surface area contributed by atoms with Crippen LogP contribution in [0.5, 0.6) is 0 Å². The van der Waals surface area contributed by atoms with Gasteiger partial charge >= 0.3 is 0 Å². The SMILES string of the molecule is Cn1nnc(Br)c1C(C)(O)C(C)(C)C. The van der Waals surface area contributed by atoms with E-state index in [0.717, 1.165) is 0 Å². The second-order valence-electron chi connectivity index (χ2n) is 4.67. The Morgan fingerprint density at radius 3 is 2.07 bits per heavy atom. The molecule has 14 heavy (non-hydrogen) atoms. The van der Waals surface area contributed by atoms with Crippen molar-refractivity contribution >= 4 is 15.9 Å². The number of aromatic nitrogens is 3. The number of nitrogens with zero attached hydrogens (tertiary/aromatic N) is 3. The summed E-state index contributed by atoms with van der Waals surface area (Å²) in [4.78, 5) is 0. The minimum Gasteiger partial charge on any atom is -0.383 e. The number of hydrogen-bond acceptors (Lipinski definition) is 3. The molecule has 1 atom stereocenters. The molecule has 0 aliphatic rings. The van der Waals surface area contributed by atoms with Gasteiger partial charge in [-0.15, -0.1) is 5.10 Å². The highest BCUT2D eigenvalue weighted by molar-refractivity contribution is 9.10. The van der Waals surface area contributed by atoms with Crippen LogP contribution in [0.1, 0.15) is 33.4 Å². The molecule has 5 heteroatoms. The molecular formula is C9H16BrN3O. The van der Waals surface area contributed by atoms with Crippen LogP contribution in [0.25, 0.3) is 0 Å². The van der Waals surface area contributed by atoms with Gasteiger partial charge in [0.15, 0.2) is 4.60 Å². The highest BCUT2D eigenvalue weighted by Gasteiger charge is 2.41. The van der Waals surface area contributed by atoms with Crippen molar-refractivity contribution in [3.63, 3.8) is 0 Å². The first-order valence-corrected chi connectivity index (χ1v) is 5.25. The van der Waals surface area contributed by atoms with Crippen LogP contribution in [0.3, 0.4) is 0 Å². The van der Waals surface area contributed by atoms with Gasteiger partial charge in [-0.3, -0.25) is 0 Å². The Hall–Kier alpha value is -0.420. The zero-order valence-corrected chi connectivity index (χ0v) is 10.8. The summed E-state index contributed by atoms with van der Waals surface area (Å²) in [6, 6.07) is 0. The largest absolute Gasteiger partial charge is 0.383 e. The van der Waals surface area contributed by atoms with Gasteiger partial charge in [-0.05, 0) is 28.3 Å². The monoisotopic (exact) mass is 261 g/mol. The number of hydrogen-bond donors (Lipinski definition) is 1. The third kappa shape index (κ3) is 1.70. The van der Waals surface area contributed by atoms with Crippen LogP contribution in [0.2, 0.25) is 0 Å². The lowest BCUT2D eigenvalue weighted by Gasteiger charge is -2.36. The van der Waals surface area contributed by atoms with Gasteiger partial charge < -0.3 is 5.11 Å². The van der Waals surface area contributed by atoms with Crippen LogP contribution < -0.4 is 0 Å². The molecule has 0 bridgehead atoms. The molecule has 1 heterocycles. The molecule has 0 spiro atoms. The predicted molar refractivity (Wildman–Crippen MR) is 57.7 cm³/mol. The molecule has 80 valence electrons. The molecule has 1 aromatic rings. The summed E-state index contributed by atoms with van der Waals surface area (Å²) < 4.78 is 2.19. The normalized spacial score (nSPS) is 16.8. The van der Waals surface area contributed by atoms with Gasteiger partial charge in [-0.1, -0.05) is 26.0 Å². The zero-order chi connectivity index (χ0) is 11.1. The molecule has 0 aliphatic heterocycles. The Morgan fingerprint density at radius 1 is 1.29 bits per heavy atom. The Bertz CT molecular complexity index is 319. The smallest absolute Gasteiger partial charge is 0.154 e. The van der Waals surface area contributed by atoms with Gasteiger partial charge in [0.25, 0.3) is 0 Å². The summed E-state index contributed by atoms with van der Waals surface area (Å²) in [5, 5.41) is 18.2. The van der Waals surface area contributed by atoms with E-state index in [0.29, 0.717) is 10.3 Å². The molecule has 0 amide bonds. The molecule has 1 N–H and O–H groups in total. The average Bonchev–Trinajstić information content (AvgIpc) is 2.28. The molecule has 1 unspecified atom stereocenters. The molecule has 4 nitrogen and oxygen atoms in total. The summed E-state index contributed by atoms with van der Waals surface area (Å²) in [6.07, 6.45) is 0. The Morgan fingerprint density at radius 2 is 1.79 bits per heavy atom. The third-order valence-corrected chi connectivity index (χ3v) is 3.24. The van der Waals surface area contributed by atoms with Crippen LogP contribution in [0, 0.1) is 5.41 Å². The molecule has 1 rings (SSSR count). The number of aliphatic hydroxyl groups is 1. The van der Waals surface area contributed by atoms with Gasteiger partial charge in [-0.2, -0.15) is 0 Å². The topological polar surface area (TPSA) is 50.9 Å². The average molecular weight is 262 g/mol. The van der Waals surface area contributed by atoms with Crippen LogP contribution in [0.15, 0.2) is 4.60 Å². The van der Waals surface area contributed by atoms with Gasteiger partial charge in [0.05, 0.1) is 0 Å². The van der Waals surface area contributed by atoms with Crippen LogP contribution in [-0.2, 0) is 12.6 Å². The summed E-state index contributed by atoms with van der Waals surface area (Å²) in [5.74, 6) is 0. The van der Waals surface area contributed by atoms with Crippen molar-refractivity contribution in [2.24, 2.45) is 12.5 Å². The number of rotatable bonds is 1. The molecule has 0 radical (unpaired) electrons. The quantitative estimate of drug-likeness (QED) is 0.840. The fourth-order valence-electron chi connectivity index (χ4n) is 1.20. The first-order valence-electron chi connectivity index (χ1n) is 4.46. The maximum Gasteiger partial charge on any atom is 0.154 e. The second-order valence-corrected chi connectivity index (χ2v) is 5.43. The van der Waals surface area contributed by atoms with E-state index in [9.17, 15) is 5.11 Å². The van der Waals surface area contributed by atoms with Crippen molar-refractivity contribution in [1.82, 2.24) is 15.0 Å². The molecular weight excluding hydrogens is 246 g/mol. The summed E-state index contributed by atoms with van der Waals surface area (Å²) in [7, 11) is 1.77. The van der Waals surface area contributed by atoms with E-state index in [1.54, 1.807) is 18.7 Å². The van der Waals surface area contributed by atoms with Crippen molar-refractivity contribution < 1.29 is 5.11 Å². The number of halogens is 1. The summed E-state index contributed by atoms with van der Waals surface area (Å²) in [5.41, 5.74) is -0.542. The molecule has 0 aromatic carbocycles. The van der Waals surface area contributed by atoms with Crippen LogP contribution in [-0.4, -0.2) is 20.1 Å². The fourth-order valence-corrected chi connectivity index (χ4v) is 1.92. The second kappa shape index (κ2) is 3.31. The number of aryl methyl sites for hydroxylation is 1. The maximum atomic E-state index is 10.4. The predicted octanol–water partition coefficient (Wildman–Crippen LogP) is 1.83. The lowest BCUT2D eigenvalue weighted by molar-refractivity contribution is -0.0541. The van der Waals surface area contributed by atoms with Crippen molar-refractivity contribution in [2.45, 2.75) is 33.3 Å². The Balaban J connectivity index is 3.29. The van der Waals surface area contributed by atoms with Gasteiger partial charge in [-0.25, -0.2) is 4.68 Å². The van der Waals surface area contributed by atoms with Crippen molar-refractivity contribution in [2.75, 3.05) is 0 Å². The lowest BCUT2D eigenvalue weighted by atomic mass is 9.76. The van der Waals surface area contributed by atoms with E-state index in [4.69, 9.17) is 0 Å². The fraction of sp³-hybridized carbons (Fsp3) is 0.778. The van der Waals surface area contributed by atoms with Crippen molar-refractivity contribution in [3.05, 3.63) is 10.3 Å². The Kier molecular flexibility index (Phi) is 2.75.